The lowest BCUT2D eigenvalue weighted by Crippen LogP contribution is -2.12. The van der Waals surface area contributed by atoms with Crippen molar-refractivity contribution in [3.05, 3.63) is 375 Å². The number of anilines is 12. The standard InChI is InChI=1S/C102H66N4O4/c1-63-21-15-18-32-92(63)104(76-27-11-5-12-28-76)80-44-38-67-56-89-85-49-50-86-90-57-68-39-45-81(53-72(68)61-97(90)109-102(86)101(85)108-96(89)60-71(67)52-80)105(93-33-19-16-22-64(93)2)78-41-35-65(36-42-78)83-31-17-20-34-94(83)106(77-29-13-6-14-30-77)82-46-40-69-58-91-87-48-47-84-88-55-66-37-43-79(103(74-23-7-3-8-24-74)75-25-9-4-10-26-75)51-70(66)59-95(88)107-99(84)100(87)110-98(91)62-73(69)54-82/h3-62H,1-2H3. The van der Waals surface area contributed by atoms with Gasteiger partial charge in [-0.2, -0.15) is 0 Å². The average Bonchev–Trinajstić information content (AvgIpc) is 1.57. The van der Waals surface area contributed by atoms with Gasteiger partial charge in [0.25, 0.3) is 0 Å². The quantitative estimate of drug-likeness (QED) is 0.113. The third kappa shape index (κ3) is 10.3. The van der Waals surface area contributed by atoms with Crippen molar-refractivity contribution in [2.45, 2.75) is 13.8 Å². The van der Waals surface area contributed by atoms with Gasteiger partial charge in [-0.3, -0.25) is 0 Å². The van der Waals surface area contributed by atoms with Crippen LogP contribution in [0.1, 0.15) is 11.1 Å². The molecule has 0 aliphatic rings. The van der Waals surface area contributed by atoms with Gasteiger partial charge in [-0.05, 0) is 274 Å². The second kappa shape index (κ2) is 25.0. The maximum atomic E-state index is 6.96. The zero-order valence-corrected chi connectivity index (χ0v) is 60.1. The van der Waals surface area contributed by atoms with Gasteiger partial charge in [0.2, 0.25) is 0 Å². The zero-order valence-electron chi connectivity index (χ0n) is 60.1. The van der Waals surface area contributed by atoms with Crippen LogP contribution in [0.25, 0.3) is 142 Å². The molecule has 0 saturated heterocycles. The smallest absolute Gasteiger partial charge is 0.178 e. The normalized spacial score (nSPS) is 11.9. The highest BCUT2D eigenvalue weighted by Crippen LogP contribution is 2.49. The summed E-state index contributed by atoms with van der Waals surface area (Å²) in [6.45, 7) is 4.35. The van der Waals surface area contributed by atoms with Gasteiger partial charge in [0.15, 0.2) is 22.3 Å². The molecule has 0 radical (unpaired) electrons. The van der Waals surface area contributed by atoms with Crippen molar-refractivity contribution in [3.63, 3.8) is 0 Å². The van der Waals surface area contributed by atoms with E-state index >= 15 is 0 Å². The van der Waals surface area contributed by atoms with E-state index in [4.69, 9.17) is 17.7 Å². The molecule has 0 atom stereocenters. The first-order valence-corrected chi connectivity index (χ1v) is 37.4. The number of para-hydroxylation sites is 7. The molecule has 4 heterocycles. The largest absolute Gasteiger partial charge is 0.452 e. The molecule has 0 saturated carbocycles. The van der Waals surface area contributed by atoms with E-state index in [-0.39, 0.29) is 0 Å². The molecule has 0 bridgehead atoms. The summed E-state index contributed by atoms with van der Waals surface area (Å²) < 4.78 is 27.7. The summed E-state index contributed by atoms with van der Waals surface area (Å²) in [6, 6.07) is 131. The van der Waals surface area contributed by atoms with Crippen molar-refractivity contribution in [3.8, 4) is 11.1 Å². The van der Waals surface area contributed by atoms with E-state index in [0.717, 1.165) is 216 Å². The minimum absolute atomic E-state index is 0.741. The summed E-state index contributed by atoms with van der Waals surface area (Å²) in [4.78, 5) is 9.36. The molecular formula is C102H66N4O4. The Morgan fingerprint density at radius 3 is 0.782 bits per heavy atom. The van der Waals surface area contributed by atoms with Gasteiger partial charge in [-0.25, -0.2) is 0 Å². The zero-order chi connectivity index (χ0) is 72.7. The molecule has 0 unspecified atom stereocenters. The highest BCUT2D eigenvalue weighted by Gasteiger charge is 2.25. The summed E-state index contributed by atoms with van der Waals surface area (Å²) in [5, 5.41) is 17.1. The first-order chi connectivity index (χ1) is 54.3. The fourth-order valence-corrected chi connectivity index (χ4v) is 17.0. The Bertz CT molecular complexity index is 7410. The van der Waals surface area contributed by atoms with Crippen LogP contribution in [0.15, 0.2) is 382 Å². The third-order valence-corrected chi connectivity index (χ3v) is 22.3. The lowest BCUT2D eigenvalue weighted by atomic mass is 10.00. The van der Waals surface area contributed by atoms with Crippen LogP contribution in [0.4, 0.5) is 68.2 Å². The summed E-state index contributed by atoms with van der Waals surface area (Å²) in [6.07, 6.45) is 0. The molecule has 0 N–H and O–H groups in total. The Morgan fingerprint density at radius 1 is 0.182 bits per heavy atom. The minimum Gasteiger partial charge on any atom is -0.452 e. The fraction of sp³-hybridized carbons (Fsp3) is 0.0196. The maximum Gasteiger partial charge on any atom is 0.178 e. The van der Waals surface area contributed by atoms with Crippen molar-refractivity contribution >= 4 is 199 Å². The van der Waals surface area contributed by atoms with Gasteiger partial charge in [0, 0.05) is 111 Å². The lowest BCUT2D eigenvalue weighted by Gasteiger charge is -2.29. The van der Waals surface area contributed by atoms with E-state index in [9.17, 15) is 0 Å². The van der Waals surface area contributed by atoms with E-state index in [1.807, 2.05) is 0 Å². The number of benzene rings is 18. The first-order valence-electron chi connectivity index (χ1n) is 37.4. The number of fused-ring (bicyclic) bond motifs is 18. The Kier molecular flexibility index (Phi) is 14.3. The first kappa shape index (κ1) is 62.7. The van der Waals surface area contributed by atoms with Crippen LogP contribution in [0.2, 0.25) is 0 Å². The molecule has 0 aliphatic carbocycles. The highest BCUT2D eigenvalue weighted by molar-refractivity contribution is 6.23. The summed E-state index contributed by atoms with van der Waals surface area (Å²) >= 11 is 0. The summed E-state index contributed by atoms with van der Waals surface area (Å²) in [7, 11) is 0. The molecule has 518 valence electrons. The number of aryl methyl sites for hydroxylation is 2. The molecule has 22 rings (SSSR count). The predicted octanol–water partition coefficient (Wildman–Crippen LogP) is 30.1. The minimum atomic E-state index is 0.741. The van der Waals surface area contributed by atoms with Crippen molar-refractivity contribution in [2.75, 3.05) is 19.6 Å². The van der Waals surface area contributed by atoms with Crippen molar-refractivity contribution in [1.29, 1.82) is 0 Å². The SMILES string of the molecule is Cc1ccccc1N(c1ccccc1)c1ccc2cc3c(cc2c1)oc1c3ccc2c3cc4ccc(N(c5ccc(-c6ccccc6N(c6ccccc6)c6ccc7cc8c(cc7c6)oc6c8ccc7c8cc9ccc(N(c%10ccccc%10)c%10ccccc%10)cc9cc8oc76)cc5)c5ccccc5C)cc4cc3oc21. The molecule has 18 aromatic carbocycles. The van der Waals surface area contributed by atoms with E-state index < -0.39 is 0 Å². The number of rotatable bonds is 13. The van der Waals surface area contributed by atoms with Gasteiger partial charge >= 0.3 is 0 Å². The van der Waals surface area contributed by atoms with Crippen molar-refractivity contribution < 1.29 is 17.7 Å². The molecule has 22 aromatic rings. The van der Waals surface area contributed by atoms with Gasteiger partial charge in [-0.15, -0.1) is 0 Å². The molecule has 0 fully saturated rings. The Balaban J connectivity index is 0.589. The molecule has 4 aromatic heterocycles. The van der Waals surface area contributed by atoms with Gasteiger partial charge < -0.3 is 37.3 Å². The monoisotopic (exact) mass is 1410 g/mol. The van der Waals surface area contributed by atoms with Crippen molar-refractivity contribution in [2.24, 2.45) is 0 Å². The van der Waals surface area contributed by atoms with Crippen LogP contribution in [0.3, 0.4) is 0 Å². The summed E-state index contributed by atoms with van der Waals surface area (Å²) in [5.74, 6) is 0. The molecule has 8 nitrogen and oxygen atoms in total. The van der Waals surface area contributed by atoms with Crippen LogP contribution >= 0.6 is 0 Å². The molecule has 0 spiro atoms. The van der Waals surface area contributed by atoms with Gasteiger partial charge in [-0.1, -0.05) is 164 Å². The van der Waals surface area contributed by atoms with E-state index in [1.165, 1.54) is 5.56 Å². The van der Waals surface area contributed by atoms with Crippen LogP contribution in [-0.4, -0.2) is 0 Å². The van der Waals surface area contributed by atoms with E-state index in [1.54, 1.807) is 0 Å². The number of furan rings is 4. The number of nitrogens with zero attached hydrogens (tertiary/aromatic N) is 4. The van der Waals surface area contributed by atoms with Crippen LogP contribution in [0, 0.1) is 13.8 Å². The number of hydrogen-bond donors (Lipinski definition) is 0. The van der Waals surface area contributed by atoms with Gasteiger partial charge in [0.1, 0.15) is 22.3 Å². The topological polar surface area (TPSA) is 65.5 Å². The predicted molar refractivity (Wildman–Crippen MR) is 459 cm³/mol. The van der Waals surface area contributed by atoms with Crippen LogP contribution in [-0.2, 0) is 0 Å². The molecule has 110 heavy (non-hydrogen) atoms. The van der Waals surface area contributed by atoms with Crippen molar-refractivity contribution in [1.82, 2.24) is 0 Å². The molecular weight excluding hydrogens is 1350 g/mol. The van der Waals surface area contributed by atoms with Gasteiger partial charge in [0.05, 0.1) is 5.69 Å². The van der Waals surface area contributed by atoms with E-state index in [0.29, 0.717) is 0 Å². The average molecular weight is 1410 g/mol. The highest BCUT2D eigenvalue weighted by atomic mass is 16.4. The van der Waals surface area contributed by atoms with Crippen LogP contribution < -0.4 is 19.6 Å². The Hall–Kier alpha value is -14.6. The Morgan fingerprint density at radius 2 is 0.445 bits per heavy atom. The maximum absolute atomic E-state index is 6.96. The van der Waals surface area contributed by atoms with Crippen LogP contribution in [0.5, 0.6) is 0 Å². The third-order valence-electron chi connectivity index (χ3n) is 22.3. The second-order valence-corrected chi connectivity index (χ2v) is 28.9. The molecule has 0 amide bonds. The second-order valence-electron chi connectivity index (χ2n) is 28.9. The lowest BCUT2D eigenvalue weighted by molar-refractivity contribution is 0.634. The Labute approximate surface area is 632 Å². The molecule has 8 heteroatoms. The summed E-state index contributed by atoms with van der Waals surface area (Å²) in [5.41, 5.74) is 23.6. The number of hydrogen-bond acceptors (Lipinski definition) is 8. The van der Waals surface area contributed by atoms with E-state index in [2.05, 4.69) is 397 Å². The fourth-order valence-electron chi connectivity index (χ4n) is 17.0. The molecule has 0 aliphatic heterocycles.